The van der Waals surface area contributed by atoms with Gasteiger partial charge in [0.05, 0.1) is 6.10 Å². The zero-order valence-corrected chi connectivity index (χ0v) is 10.6. The summed E-state index contributed by atoms with van der Waals surface area (Å²) in [4.78, 5) is 0. The van der Waals surface area contributed by atoms with E-state index in [0.717, 1.165) is 25.8 Å². The van der Waals surface area contributed by atoms with Gasteiger partial charge in [0.2, 0.25) is 0 Å². The van der Waals surface area contributed by atoms with Crippen LogP contribution in [0.5, 0.6) is 0 Å². The summed E-state index contributed by atoms with van der Waals surface area (Å²) in [5.74, 6) is 6.06. The molecule has 2 nitrogen and oxygen atoms in total. The predicted octanol–water partition coefficient (Wildman–Crippen LogP) is 2.58. The van der Waals surface area contributed by atoms with Crippen molar-refractivity contribution in [3.63, 3.8) is 0 Å². The summed E-state index contributed by atoms with van der Waals surface area (Å²) in [6, 6.07) is 0.591. The monoisotopic (exact) mass is 211 g/mol. The Bertz CT molecular complexity index is 192. The molecule has 0 aliphatic heterocycles. The molecule has 0 saturated carbocycles. The van der Waals surface area contributed by atoms with Crippen LogP contribution in [0.3, 0.4) is 0 Å². The van der Waals surface area contributed by atoms with Crippen LogP contribution in [0.1, 0.15) is 46.5 Å². The van der Waals surface area contributed by atoms with Crippen molar-refractivity contribution in [2.24, 2.45) is 0 Å². The maximum Gasteiger partial charge on any atom is 0.0543 e. The van der Waals surface area contributed by atoms with Crippen molar-refractivity contribution in [3.05, 3.63) is 0 Å². The van der Waals surface area contributed by atoms with E-state index in [4.69, 9.17) is 4.74 Å². The molecule has 0 heterocycles. The zero-order valence-electron chi connectivity index (χ0n) is 10.6. The van der Waals surface area contributed by atoms with E-state index in [9.17, 15) is 0 Å². The van der Waals surface area contributed by atoms with Gasteiger partial charge in [0.15, 0.2) is 0 Å². The fraction of sp³-hybridized carbons (Fsp3) is 0.846. The van der Waals surface area contributed by atoms with E-state index >= 15 is 0 Å². The molecule has 0 amide bonds. The first-order valence-corrected chi connectivity index (χ1v) is 5.90. The van der Waals surface area contributed by atoms with Crippen molar-refractivity contribution in [1.82, 2.24) is 5.32 Å². The summed E-state index contributed by atoms with van der Waals surface area (Å²) in [5.41, 5.74) is 0. The Morgan fingerprint density at radius 3 is 2.53 bits per heavy atom. The van der Waals surface area contributed by atoms with Crippen molar-refractivity contribution in [2.45, 2.75) is 58.6 Å². The van der Waals surface area contributed by atoms with Gasteiger partial charge in [0.1, 0.15) is 0 Å². The quantitative estimate of drug-likeness (QED) is 0.623. The molecule has 0 bridgehead atoms. The van der Waals surface area contributed by atoms with Crippen LogP contribution in [0.4, 0.5) is 0 Å². The smallest absolute Gasteiger partial charge is 0.0543 e. The minimum absolute atomic E-state index is 0.364. The number of methoxy groups -OCH3 is 1. The molecule has 0 aliphatic carbocycles. The highest BCUT2D eigenvalue weighted by Crippen LogP contribution is 2.08. The first kappa shape index (κ1) is 14.5. The highest BCUT2D eigenvalue weighted by atomic mass is 16.5. The van der Waals surface area contributed by atoms with Crippen molar-refractivity contribution in [3.8, 4) is 11.8 Å². The third kappa shape index (κ3) is 8.47. The molecular weight excluding hydrogens is 186 g/mol. The molecular formula is C13H25NO. The van der Waals surface area contributed by atoms with Crippen molar-refractivity contribution >= 4 is 0 Å². The molecule has 0 fully saturated rings. The number of hydrogen-bond acceptors (Lipinski definition) is 2. The Labute approximate surface area is 94.8 Å². The molecule has 2 unspecified atom stereocenters. The van der Waals surface area contributed by atoms with Crippen LogP contribution < -0.4 is 5.32 Å². The Morgan fingerprint density at radius 2 is 2.00 bits per heavy atom. The van der Waals surface area contributed by atoms with Gasteiger partial charge < -0.3 is 10.1 Å². The zero-order chi connectivity index (χ0) is 11.5. The standard InChI is InChI=1S/C13H25NO/c1-5-7-8-9-13(14-6-2)11-10-12(3)15-4/h12-14H,6,8-11H2,1-4H3. The number of hydrogen-bond donors (Lipinski definition) is 1. The number of rotatable bonds is 8. The minimum Gasteiger partial charge on any atom is -0.382 e. The molecule has 0 aliphatic rings. The van der Waals surface area contributed by atoms with Crippen LogP contribution in [-0.2, 0) is 4.74 Å². The van der Waals surface area contributed by atoms with Gasteiger partial charge >= 0.3 is 0 Å². The highest BCUT2D eigenvalue weighted by molar-refractivity contribution is 4.95. The molecule has 1 N–H and O–H groups in total. The van der Waals surface area contributed by atoms with Crippen LogP contribution in [0.2, 0.25) is 0 Å². The van der Waals surface area contributed by atoms with Gasteiger partial charge in [-0.25, -0.2) is 0 Å². The first-order valence-electron chi connectivity index (χ1n) is 5.90. The minimum atomic E-state index is 0.364. The topological polar surface area (TPSA) is 21.3 Å². The summed E-state index contributed by atoms with van der Waals surface area (Å²) in [7, 11) is 1.77. The molecule has 0 aromatic rings. The lowest BCUT2D eigenvalue weighted by atomic mass is 10.0. The average Bonchev–Trinajstić information content (AvgIpc) is 2.25. The lowest BCUT2D eigenvalue weighted by molar-refractivity contribution is 0.106. The molecule has 0 radical (unpaired) electrons. The fourth-order valence-corrected chi connectivity index (χ4v) is 1.56. The SMILES string of the molecule is CC#CCCC(CCC(C)OC)NCC. The van der Waals surface area contributed by atoms with Crippen molar-refractivity contribution < 1.29 is 4.74 Å². The van der Waals surface area contributed by atoms with Crippen molar-refractivity contribution in [1.29, 1.82) is 0 Å². The van der Waals surface area contributed by atoms with Crippen LogP contribution in [0.25, 0.3) is 0 Å². The Balaban J connectivity index is 3.74. The highest BCUT2D eigenvalue weighted by Gasteiger charge is 2.08. The number of ether oxygens (including phenoxy) is 1. The lowest BCUT2D eigenvalue weighted by Gasteiger charge is -2.18. The molecule has 2 heteroatoms. The summed E-state index contributed by atoms with van der Waals surface area (Å²) in [5, 5.41) is 3.50. The molecule has 0 saturated heterocycles. The van der Waals surface area contributed by atoms with Gasteiger partial charge in [0.25, 0.3) is 0 Å². The summed E-state index contributed by atoms with van der Waals surface area (Å²) < 4.78 is 5.25. The van der Waals surface area contributed by atoms with E-state index < -0.39 is 0 Å². The van der Waals surface area contributed by atoms with E-state index in [1.54, 1.807) is 7.11 Å². The Hall–Kier alpha value is -0.520. The lowest BCUT2D eigenvalue weighted by Crippen LogP contribution is -2.29. The van der Waals surface area contributed by atoms with Gasteiger partial charge in [0, 0.05) is 19.6 Å². The van der Waals surface area contributed by atoms with E-state index in [-0.39, 0.29) is 0 Å². The maximum absolute atomic E-state index is 5.25. The Kier molecular flexibility index (Phi) is 9.67. The second-order valence-electron chi connectivity index (χ2n) is 3.84. The molecule has 0 spiro atoms. The van der Waals surface area contributed by atoms with Crippen LogP contribution in [-0.4, -0.2) is 25.8 Å². The van der Waals surface area contributed by atoms with E-state index in [2.05, 4.69) is 31.0 Å². The molecule has 15 heavy (non-hydrogen) atoms. The van der Waals surface area contributed by atoms with Crippen LogP contribution in [0, 0.1) is 11.8 Å². The molecule has 0 rings (SSSR count). The van der Waals surface area contributed by atoms with Gasteiger partial charge in [-0.2, -0.15) is 0 Å². The normalized spacial score (nSPS) is 14.1. The summed E-state index contributed by atoms with van der Waals surface area (Å²) >= 11 is 0. The first-order chi connectivity index (χ1) is 7.24. The largest absolute Gasteiger partial charge is 0.382 e. The van der Waals surface area contributed by atoms with Gasteiger partial charge in [-0.05, 0) is 39.7 Å². The van der Waals surface area contributed by atoms with Gasteiger partial charge in [-0.3, -0.25) is 0 Å². The molecule has 2 atom stereocenters. The van der Waals surface area contributed by atoms with Gasteiger partial charge in [-0.1, -0.05) is 6.92 Å². The number of nitrogens with one attached hydrogen (secondary N) is 1. The molecule has 0 aromatic carbocycles. The third-order valence-electron chi connectivity index (χ3n) is 2.61. The average molecular weight is 211 g/mol. The van der Waals surface area contributed by atoms with Gasteiger partial charge in [-0.15, -0.1) is 11.8 Å². The second kappa shape index (κ2) is 10.0. The van der Waals surface area contributed by atoms with E-state index in [0.29, 0.717) is 12.1 Å². The Morgan fingerprint density at radius 1 is 1.27 bits per heavy atom. The summed E-state index contributed by atoms with van der Waals surface area (Å²) in [6.07, 6.45) is 4.80. The summed E-state index contributed by atoms with van der Waals surface area (Å²) in [6.45, 7) is 7.20. The predicted molar refractivity (Wildman–Crippen MR) is 65.9 cm³/mol. The van der Waals surface area contributed by atoms with Crippen molar-refractivity contribution in [2.75, 3.05) is 13.7 Å². The molecule has 88 valence electrons. The maximum atomic E-state index is 5.25. The fourth-order valence-electron chi connectivity index (χ4n) is 1.56. The van der Waals surface area contributed by atoms with E-state index in [1.807, 2.05) is 6.92 Å². The second-order valence-corrected chi connectivity index (χ2v) is 3.84. The van der Waals surface area contributed by atoms with E-state index in [1.165, 1.54) is 6.42 Å². The molecule has 0 aromatic heterocycles. The third-order valence-corrected chi connectivity index (χ3v) is 2.61. The van der Waals surface area contributed by atoms with Crippen LogP contribution >= 0.6 is 0 Å². The van der Waals surface area contributed by atoms with Crippen LogP contribution in [0.15, 0.2) is 0 Å².